The topological polar surface area (TPSA) is 59.2 Å². The SMILES string of the molecule is CCOC(=O)c1[nH]cc(-c2ccccc2)c1C(=O)c1ccccc1. The molecule has 0 radical (unpaired) electrons. The highest BCUT2D eigenvalue weighted by atomic mass is 16.5. The van der Waals surface area contributed by atoms with Crippen LogP contribution in [0.15, 0.2) is 66.9 Å². The maximum atomic E-state index is 13.0. The van der Waals surface area contributed by atoms with E-state index in [0.717, 1.165) is 5.56 Å². The van der Waals surface area contributed by atoms with Crippen LogP contribution in [-0.4, -0.2) is 23.3 Å². The Balaban J connectivity index is 2.15. The third-order valence-corrected chi connectivity index (χ3v) is 3.71. The van der Waals surface area contributed by atoms with E-state index < -0.39 is 5.97 Å². The molecule has 0 saturated carbocycles. The standard InChI is InChI=1S/C20H17NO3/c1-2-24-20(23)18-17(19(22)15-11-7-4-8-12-15)16(13-21-18)14-9-5-3-6-10-14/h3-13,21H,2H2,1H3. The Hall–Kier alpha value is -3.14. The smallest absolute Gasteiger partial charge is 0.355 e. The number of hydrogen-bond acceptors (Lipinski definition) is 3. The van der Waals surface area contributed by atoms with Crippen molar-refractivity contribution in [3.63, 3.8) is 0 Å². The summed E-state index contributed by atoms with van der Waals surface area (Å²) in [5.41, 5.74) is 2.60. The highest BCUT2D eigenvalue weighted by Crippen LogP contribution is 2.29. The maximum absolute atomic E-state index is 13.0. The summed E-state index contributed by atoms with van der Waals surface area (Å²) in [7, 11) is 0. The molecule has 0 aliphatic carbocycles. The van der Waals surface area contributed by atoms with Crippen molar-refractivity contribution >= 4 is 11.8 Å². The van der Waals surface area contributed by atoms with Crippen LogP contribution in [0.4, 0.5) is 0 Å². The lowest BCUT2D eigenvalue weighted by Crippen LogP contribution is -2.12. The average Bonchev–Trinajstić information content (AvgIpc) is 3.08. The normalized spacial score (nSPS) is 10.4. The lowest BCUT2D eigenvalue weighted by atomic mass is 9.96. The lowest BCUT2D eigenvalue weighted by molar-refractivity contribution is 0.0517. The molecule has 2 aromatic carbocycles. The molecule has 120 valence electrons. The van der Waals surface area contributed by atoms with Gasteiger partial charge >= 0.3 is 5.97 Å². The molecule has 0 amide bonds. The van der Waals surface area contributed by atoms with Gasteiger partial charge in [0.15, 0.2) is 5.78 Å². The van der Waals surface area contributed by atoms with Gasteiger partial charge in [-0.15, -0.1) is 0 Å². The largest absolute Gasteiger partial charge is 0.461 e. The first-order valence-electron chi connectivity index (χ1n) is 7.76. The molecule has 0 atom stereocenters. The van der Waals surface area contributed by atoms with Crippen molar-refractivity contribution in [3.05, 3.63) is 83.7 Å². The minimum absolute atomic E-state index is 0.185. The molecule has 24 heavy (non-hydrogen) atoms. The fraction of sp³-hybridized carbons (Fsp3) is 0.100. The first kappa shape index (κ1) is 15.7. The number of carbonyl (C=O) groups is 2. The second kappa shape index (κ2) is 6.96. The van der Waals surface area contributed by atoms with E-state index >= 15 is 0 Å². The van der Waals surface area contributed by atoms with E-state index in [-0.39, 0.29) is 18.1 Å². The van der Waals surface area contributed by atoms with Crippen LogP contribution in [-0.2, 0) is 4.74 Å². The van der Waals surface area contributed by atoms with Crippen molar-refractivity contribution in [2.24, 2.45) is 0 Å². The van der Waals surface area contributed by atoms with Gasteiger partial charge in [-0.1, -0.05) is 60.7 Å². The molecule has 0 bridgehead atoms. The predicted octanol–water partition coefficient (Wildman–Crippen LogP) is 4.09. The monoisotopic (exact) mass is 319 g/mol. The molecular weight excluding hydrogens is 302 g/mol. The summed E-state index contributed by atoms with van der Waals surface area (Å²) in [6.07, 6.45) is 1.68. The van der Waals surface area contributed by atoms with Crippen LogP contribution in [0, 0.1) is 0 Å². The molecule has 4 heteroatoms. The molecule has 1 heterocycles. The molecule has 0 spiro atoms. The Morgan fingerprint density at radius 2 is 1.58 bits per heavy atom. The lowest BCUT2D eigenvalue weighted by Gasteiger charge is -2.07. The quantitative estimate of drug-likeness (QED) is 0.569. The number of rotatable bonds is 5. The molecule has 0 unspecified atom stereocenters. The van der Waals surface area contributed by atoms with Crippen LogP contribution >= 0.6 is 0 Å². The van der Waals surface area contributed by atoms with Gasteiger partial charge in [0.1, 0.15) is 5.69 Å². The van der Waals surface area contributed by atoms with E-state index in [2.05, 4.69) is 4.98 Å². The van der Waals surface area contributed by atoms with Gasteiger partial charge in [-0.2, -0.15) is 0 Å². The summed E-state index contributed by atoms with van der Waals surface area (Å²) in [6, 6.07) is 18.4. The van der Waals surface area contributed by atoms with E-state index in [1.807, 2.05) is 36.4 Å². The average molecular weight is 319 g/mol. The third kappa shape index (κ3) is 2.99. The van der Waals surface area contributed by atoms with Crippen LogP contribution in [0.2, 0.25) is 0 Å². The van der Waals surface area contributed by atoms with Gasteiger partial charge in [-0.3, -0.25) is 4.79 Å². The Morgan fingerprint density at radius 3 is 2.21 bits per heavy atom. The number of carbonyl (C=O) groups excluding carboxylic acids is 2. The second-order valence-corrected chi connectivity index (χ2v) is 5.23. The van der Waals surface area contributed by atoms with E-state index in [1.54, 1.807) is 37.4 Å². The molecule has 0 fully saturated rings. The Kier molecular flexibility index (Phi) is 4.57. The maximum Gasteiger partial charge on any atom is 0.355 e. The van der Waals surface area contributed by atoms with Crippen molar-refractivity contribution in [2.45, 2.75) is 6.92 Å². The Labute approximate surface area is 140 Å². The highest BCUT2D eigenvalue weighted by molar-refractivity contribution is 6.17. The fourth-order valence-electron chi connectivity index (χ4n) is 2.60. The molecule has 0 saturated heterocycles. The van der Waals surface area contributed by atoms with Gasteiger partial charge in [0.05, 0.1) is 12.2 Å². The first-order valence-corrected chi connectivity index (χ1v) is 7.76. The van der Waals surface area contributed by atoms with Crippen molar-refractivity contribution in [3.8, 4) is 11.1 Å². The first-order chi connectivity index (χ1) is 11.7. The van der Waals surface area contributed by atoms with E-state index in [0.29, 0.717) is 16.7 Å². The minimum Gasteiger partial charge on any atom is -0.461 e. The Morgan fingerprint density at radius 1 is 0.958 bits per heavy atom. The number of ketones is 1. The van der Waals surface area contributed by atoms with E-state index in [4.69, 9.17) is 4.74 Å². The number of hydrogen-bond donors (Lipinski definition) is 1. The predicted molar refractivity (Wildman–Crippen MR) is 92.1 cm³/mol. The van der Waals surface area contributed by atoms with Gasteiger partial charge in [0.2, 0.25) is 0 Å². The molecule has 4 nitrogen and oxygen atoms in total. The summed E-state index contributed by atoms with van der Waals surface area (Å²) in [5, 5.41) is 0. The van der Waals surface area contributed by atoms with E-state index in [1.165, 1.54) is 0 Å². The van der Waals surface area contributed by atoms with Gasteiger partial charge < -0.3 is 9.72 Å². The number of aromatic amines is 1. The zero-order chi connectivity index (χ0) is 16.9. The van der Waals surface area contributed by atoms with Gasteiger partial charge in [-0.25, -0.2) is 4.79 Å². The summed E-state index contributed by atoms with van der Waals surface area (Å²) >= 11 is 0. The van der Waals surface area contributed by atoms with Crippen molar-refractivity contribution in [2.75, 3.05) is 6.61 Å². The van der Waals surface area contributed by atoms with Crippen molar-refractivity contribution in [1.29, 1.82) is 0 Å². The van der Waals surface area contributed by atoms with Crippen LogP contribution in [0.25, 0.3) is 11.1 Å². The molecule has 1 N–H and O–H groups in total. The van der Waals surface area contributed by atoms with Gasteiger partial charge in [-0.05, 0) is 12.5 Å². The van der Waals surface area contributed by atoms with E-state index in [9.17, 15) is 9.59 Å². The molecule has 0 aliphatic heterocycles. The fourth-order valence-corrected chi connectivity index (χ4v) is 2.60. The summed E-state index contributed by atoms with van der Waals surface area (Å²) in [4.78, 5) is 28.2. The molecule has 1 aromatic heterocycles. The third-order valence-electron chi connectivity index (χ3n) is 3.71. The van der Waals surface area contributed by atoms with Crippen LogP contribution in [0.5, 0.6) is 0 Å². The second-order valence-electron chi connectivity index (χ2n) is 5.23. The van der Waals surface area contributed by atoms with Gasteiger partial charge in [0, 0.05) is 17.3 Å². The van der Waals surface area contributed by atoms with Crippen molar-refractivity contribution in [1.82, 2.24) is 4.98 Å². The van der Waals surface area contributed by atoms with Gasteiger partial charge in [0.25, 0.3) is 0 Å². The number of nitrogens with one attached hydrogen (secondary N) is 1. The molecule has 3 rings (SSSR count). The molecule has 0 aliphatic rings. The van der Waals surface area contributed by atoms with Crippen LogP contribution < -0.4 is 0 Å². The van der Waals surface area contributed by atoms with Crippen molar-refractivity contribution < 1.29 is 14.3 Å². The number of ether oxygens (including phenoxy) is 1. The minimum atomic E-state index is -0.529. The number of benzene rings is 2. The summed E-state index contributed by atoms with van der Waals surface area (Å²) in [6.45, 7) is 1.98. The summed E-state index contributed by atoms with van der Waals surface area (Å²) < 4.78 is 5.08. The molecule has 3 aromatic rings. The number of esters is 1. The highest BCUT2D eigenvalue weighted by Gasteiger charge is 2.25. The molecular formula is C20H17NO3. The van der Waals surface area contributed by atoms with Crippen LogP contribution in [0.3, 0.4) is 0 Å². The number of H-pyrrole nitrogens is 1. The Bertz CT molecular complexity index is 851. The van der Waals surface area contributed by atoms with Crippen LogP contribution in [0.1, 0.15) is 33.3 Å². The summed E-state index contributed by atoms with van der Waals surface area (Å²) in [5.74, 6) is -0.738. The zero-order valence-electron chi connectivity index (χ0n) is 13.3. The number of aromatic nitrogens is 1. The zero-order valence-corrected chi connectivity index (χ0v) is 13.3.